The number of aliphatic carboxylic acids is 1. The highest BCUT2D eigenvalue weighted by atomic mass is 32.1. The number of methoxy groups -OCH3 is 2. The standard InChI is InChI=1S/C12H12N2O3S.C2HF3O2/c1-16-9-5-7(11-14-10(13)6-18-11)3-4-8(9)12(15)17-2;3-2(4,5)1(6)7/h3-6H,13H2,1-2H3;(H,6,7). The number of hydrogen-bond acceptors (Lipinski definition) is 7. The van der Waals surface area contributed by atoms with Gasteiger partial charge in [-0.2, -0.15) is 13.2 Å². The highest BCUT2D eigenvalue weighted by Gasteiger charge is 2.38. The molecule has 3 N–H and O–H groups in total. The summed E-state index contributed by atoms with van der Waals surface area (Å²) in [6, 6.07) is 5.18. The fraction of sp³-hybridized carbons (Fsp3) is 0.214. The summed E-state index contributed by atoms with van der Waals surface area (Å²) in [5.74, 6) is -2.26. The zero-order valence-corrected chi connectivity index (χ0v) is 13.8. The number of nitrogen functional groups attached to an aromatic ring is 1. The van der Waals surface area contributed by atoms with Gasteiger partial charge in [-0.25, -0.2) is 14.6 Å². The predicted octanol–water partition coefficient (Wildman–Crippen LogP) is 2.82. The fourth-order valence-corrected chi connectivity index (χ4v) is 2.23. The van der Waals surface area contributed by atoms with Crippen LogP contribution in [-0.2, 0) is 9.53 Å². The van der Waals surface area contributed by atoms with Crippen molar-refractivity contribution in [1.29, 1.82) is 0 Å². The number of carbonyl (C=O) groups excluding carboxylic acids is 1. The monoisotopic (exact) mass is 378 g/mol. The second-order valence-electron chi connectivity index (χ2n) is 4.29. The van der Waals surface area contributed by atoms with Crippen LogP contribution in [0.5, 0.6) is 5.75 Å². The Labute approximate surface area is 143 Å². The topological polar surface area (TPSA) is 112 Å². The van der Waals surface area contributed by atoms with E-state index in [-0.39, 0.29) is 0 Å². The molecule has 0 aliphatic heterocycles. The smallest absolute Gasteiger partial charge is 0.490 e. The summed E-state index contributed by atoms with van der Waals surface area (Å²) in [6.45, 7) is 0. The van der Waals surface area contributed by atoms with Crippen LogP contribution in [0.25, 0.3) is 10.6 Å². The molecule has 0 unspecified atom stereocenters. The van der Waals surface area contributed by atoms with Crippen molar-refractivity contribution in [2.45, 2.75) is 6.18 Å². The lowest BCUT2D eigenvalue weighted by atomic mass is 10.1. The fourth-order valence-electron chi connectivity index (χ4n) is 1.52. The maximum Gasteiger partial charge on any atom is 0.490 e. The van der Waals surface area contributed by atoms with Crippen molar-refractivity contribution in [3.8, 4) is 16.3 Å². The van der Waals surface area contributed by atoms with Crippen LogP contribution >= 0.6 is 11.3 Å². The summed E-state index contributed by atoms with van der Waals surface area (Å²) in [7, 11) is 2.83. The van der Waals surface area contributed by atoms with Gasteiger partial charge in [-0.15, -0.1) is 11.3 Å². The average molecular weight is 378 g/mol. The molecule has 0 aliphatic carbocycles. The quantitative estimate of drug-likeness (QED) is 0.790. The summed E-state index contributed by atoms with van der Waals surface area (Å²) in [4.78, 5) is 24.6. The van der Waals surface area contributed by atoms with Gasteiger partial charge in [0.25, 0.3) is 0 Å². The number of thiazole rings is 1. The van der Waals surface area contributed by atoms with Gasteiger partial charge in [0.15, 0.2) is 0 Å². The van der Waals surface area contributed by atoms with Crippen molar-refractivity contribution >= 4 is 29.1 Å². The van der Waals surface area contributed by atoms with Crippen LogP contribution < -0.4 is 10.5 Å². The molecule has 0 saturated heterocycles. The van der Waals surface area contributed by atoms with Gasteiger partial charge in [0.05, 0.1) is 14.2 Å². The zero-order chi connectivity index (χ0) is 19.2. The number of anilines is 1. The molecule has 1 heterocycles. The number of benzene rings is 1. The van der Waals surface area contributed by atoms with E-state index in [1.54, 1.807) is 23.6 Å². The van der Waals surface area contributed by atoms with Gasteiger partial charge in [0, 0.05) is 10.9 Å². The maximum absolute atomic E-state index is 11.5. The van der Waals surface area contributed by atoms with Gasteiger partial charge in [-0.05, 0) is 12.1 Å². The lowest BCUT2D eigenvalue weighted by molar-refractivity contribution is -0.192. The molecule has 0 radical (unpaired) electrons. The Balaban J connectivity index is 0.000000381. The van der Waals surface area contributed by atoms with Crippen molar-refractivity contribution in [2.75, 3.05) is 20.0 Å². The molecule has 136 valence electrons. The number of nitrogens with two attached hydrogens (primary N) is 1. The molecule has 7 nitrogen and oxygen atoms in total. The Kier molecular flexibility index (Phi) is 6.74. The van der Waals surface area contributed by atoms with Crippen LogP contribution in [-0.4, -0.2) is 42.4 Å². The first-order valence-electron chi connectivity index (χ1n) is 6.38. The molecule has 0 amide bonds. The number of rotatable bonds is 3. The molecule has 0 aliphatic rings. The Hall–Kier alpha value is -2.82. The third-order valence-corrected chi connectivity index (χ3v) is 3.53. The van der Waals surface area contributed by atoms with Crippen LogP contribution in [0, 0.1) is 0 Å². The van der Waals surface area contributed by atoms with E-state index in [1.165, 1.54) is 25.6 Å². The van der Waals surface area contributed by atoms with E-state index in [0.29, 0.717) is 17.1 Å². The number of carboxylic acids is 1. The van der Waals surface area contributed by atoms with E-state index in [4.69, 9.17) is 20.4 Å². The molecule has 11 heteroatoms. The molecule has 1 aromatic heterocycles. The number of halogens is 3. The Bertz CT molecular complexity index is 761. The van der Waals surface area contributed by atoms with E-state index < -0.39 is 18.1 Å². The molecule has 2 rings (SSSR count). The Morgan fingerprint density at radius 2 is 1.88 bits per heavy atom. The molecule has 2 aromatic rings. The third-order valence-electron chi connectivity index (χ3n) is 2.62. The number of alkyl halides is 3. The zero-order valence-electron chi connectivity index (χ0n) is 13.0. The average Bonchev–Trinajstić information content (AvgIpc) is 2.99. The molecule has 0 fully saturated rings. The van der Waals surface area contributed by atoms with Gasteiger partial charge in [0.1, 0.15) is 22.1 Å². The minimum Gasteiger partial charge on any atom is -0.496 e. The van der Waals surface area contributed by atoms with Crippen molar-refractivity contribution in [2.24, 2.45) is 0 Å². The summed E-state index contributed by atoms with van der Waals surface area (Å²) >= 11 is 1.43. The van der Waals surface area contributed by atoms with E-state index in [0.717, 1.165) is 10.6 Å². The summed E-state index contributed by atoms with van der Waals surface area (Å²) < 4.78 is 41.6. The van der Waals surface area contributed by atoms with Crippen molar-refractivity contribution in [3.05, 3.63) is 29.1 Å². The van der Waals surface area contributed by atoms with E-state index in [9.17, 15) is 18.0 Å². The van der Waals surface area contributed by atoms with Gasteiger partial charge >= 0.3 is 18.1 Å². The normalized spacial score (nSPS) is 10.4. The Morgan fingerprint density at radius 1 is 1.28 bits per heavy atom. The molecule has 1 aromatic carbocycles. The molecule has 0 spiro atoms. The van der Waals surface area contributed by atoms with Gasteiger partial charge in [-0.1, -0.05) is 6.07 Å². The molecule has 0 saturated carbocycles. The minimum atomic E-state index is -5.08. The Morgan fingerprint density at radius 3 is 2.28 bits per heavy atom. The molecular weight excluding hydrogens is 365 g/mol. The largest absolute Gasteiger partial charge is 0.496 e. The maximum atomic E-state index is 11.5. The SMILES string of the molecule is COC(=O)c1ccc(-c2nc(N)cs2)cc1OC.O=C(O)C(F)(F)F. The first kappa shape index (κ1) is 20.2. The third kappa shape index (κ3) is 5.64. The highest BCUT2D eigenvalue weighted by molar-refractivity contribution is 7.13. The summed E-state index contributed by atoms with van der Waals surface area (Å²) in [5, 5.41) is 9.66. The second kappa shape index (κ2) is 8.33. The lowest BCUT2D eigenvalue weighted by Crippen LogP contribution is -2.21. The molecule has 25 heavy (non-hydrogen) atoms. The lowest BCUT2D eigenvalue weighted by Gasteiger charge is -2.07. The van der Waals surface area contributed by atoms with Crippen molar-refractivity contribution < 1.29 is 37.3 Å². The number of carbonyl (C=O) groups is 2. The molecule has 0 atom stereocenters. The van der Waals surface area contributed by atoms with Crippen LogP contribution in [0.15, 0.2) is 23.6 Å². The molecule has 0 bridgehead atoms. The molecular formula is C14H13F3N2O5S. The van der Waals surface area contributed by atoms with Crippen LogP contribution in [0.1, 0.15) is 10.4 Å². The number of nitrogens with zero attached hydrogens (tertiary/aromatic N) is 1. The second-order valence-corrected chi connectivity index (χ2v) is 5.15. The van der Waals surface area contributed by atoms with Crippen molar-refractivity contribution in [1.82, 2.24) is 4.98 Å². The summed E-state index contributed by atoms with van der Waals surface area (Å²) in [6.07, 6.45) is -5.08. The number of carboxylic acid groups (broad SMARTS) is 1. The first-order valence-corrected chi connectivity index (χ1v) is 7.26. The van der Waals surface area contributed by atoms with Crippen LogP contribution in [0.2, 0.25) is 0 Å². The van der Waals surface area contributed by atoms with Crippen molar-refractivity contribution in [3.63, 3.8) is 0 Å². The van der Waals surface area contributed by atoms with Gasteiger partial charge < -0.3 is 20.3 Å². The summed E-state index contributed by atoms with van der Waals surface area (Å²) in [5.41, 5.74) is 6.81. The van der Waals surface area contributed by atoms with E-state index in [1.807, 2.05) is 0 Å². The number of esters is 1. The first-order chi connectivity index (χ1) is 11.6. The van der Waals surface area contributed by atoms with Gasteiger partial charge in [-0.3, -0.25) is 0 Å². The highest BCUT2D eigenvalue weighted by Crippen LogP contribution is 2.30. The number of ether oxygens (including phenoxy) is 2. The van der Waals surface area contributed by atoms with Gasteiger partial charge in [0.2, 0.25) is 0 Å². The van der Waals surface area contributed by atoms with E-state index >= 15 is 0 Å². The predicted molar refractivity (Wildman–Crippen MR) is 83.5 cm³/mol. The van der Waals surface area contributed by atoms with Crippen LogP contribution in [0.4, 0.5) is 19.0 Å². The number of hydrogen-bond donors (Lipinski definition) is 2. The number of aromatic nitrogens is 1. The van der Waals surface area contributed by atoms with Crippen LogP contribution in [0.3, 0.4) is 0 Å². The van der Waals surface area contributed by atoms with E-state index in [2.05, 4.69) is 9.72 Å². The minimum absolute atomic E-state index is 0.383.